The number of hydrogen-bond acceptors (Lipinski definition) is 3. The van der Waals surface area contributed by atoms with Crippen LogP contribution >= 0.6 is 0 Å². The van der Waals surface area contributed by atoms with Gasteiger partial charge in [-0.3, -0.25) is 14.6 Å². The Hall–Kier alpha value is -3.73. The molecule has 5 nitrogen and oxygen atoms in total. The Kier molecular flexibility index (Phi) is 5.52. The number of nitrogens with one attached hydrogen (secondary N) is 2. The number of amides is 2. The van der Waals surface area contributed by atoms with Gasteiger partial charge in [0.25, 0.3) is 5.91 Å². The van der Waals surface area contributed by atoms with Crippen molar-refractivity contribution in [2.75, 3.05) is 10.6 Å². The summed E-state index contributed by atoms with van der Waals surface area (Å²) in [7, 11) is 0. The predicted octanol–water partition coefficient (Wildman–Crippen LogP) is 3.99. The van der Waals surface area contributed by atoms with Crippen LogP contribution in [0.3, 0.4) is 0 Å². The van der Waals surface area contributed by atoms with Crippen LogP contribution in [0.4, 0.5) is 11.4 Å². The van der Waals surface area contributed by atoms with E-state index in [1.165, 1.54) is 12.3 Å². The molecule has 2 aromatic carbocycles. The second kappa shape index (κ2) is 8.39. The van der Waals surface area contributed by atoms with Crippen molar-refractivity contribution in [1.82, 2.24) is 4.98 Å². The SMILES string of the molecule is O=C(/C=C/c1ccccc1)Nc1ccc(NC(=O)c2cccnc2)cc1. The van der Waals surface area contributed by atoms with E-state index in [2.05, 4.69) is 15.6 Å². The molecule has 0 aliphatic carbocycles. The van der Waals surface area contributed by atoms with Crippen LogP contribution < -0.4 is 10.6 Å². The lowest BCUT2D eigenvalue weighted by Crippen LogP contribution is -2.12. The minimum atomic E-state index is -0.235. The highest BCUT2D eigenvalue weighted by Gasteiger charge is 2.05. The van der Waals surface area contributed by atoms with Crippen molar-refractivity contribution in [1.29, 1.82) is 0 Å². The lowest BCUT2D eigenvalue weighted by Gasteiger charge is -2.07. The van der Waals surface area contributed by atoms with E-state index in [0.29, 0.717) is 16.9 Å². The first-order valence-electron chi connectivity index (χ1n) is 8.06. The normalized spacial score (nSPS) is 10.5. The molecule has 1 heterocycles. The van der Waals surface area contributed by atoms with Crippen LogP contribution in [-0.4, -0.2) is 16.8 Å². The van der Waals surface area contributed by atoms with Gasteiger partial charge < -0.3 is 10.6 Å². The van der Waals surface area contributed by atoms with E-state index < -0.39 is 0 Å². The van der Waals surface area contributed by atoms with Crippen molar-refractivity contribution in [2.45, 2.75) is 0 Å². The molecule has 0 bridgehead atoms. The highest BCUT2D eigenvalue weighted by atomic mass is 16.2. The molecule has 2 amide bonds. The highest BCUT2D eigenvalue weighted by Crippen LogP contribution is 2.15. The Balaban J connectivity index is 1.56. The second-order valence-electron chi connectivity index (χ2n) is 5.51. The monoisotopic (exact) mass is 343 g/mol. The lowest BCUT2D eigenvalue weighted by molar-refractivity contribution is -0.111. The van der Waals surface area contributed by atoms with Gasteiger partial charge >= 0.3 is 0 Å². The number of anilines is 2. The maximum atomic E-state index is 12.1. The van der Waals surface area contributed by atoms with Crippen LogP contribution in [0, 0.1) is 0 Å². The number of pyridine rings is 1. The van der Waals surface area contributed by atoms with Gasteiger partial charge in [0.2, 0.25) is 5.91 Å². The summed E-state index contributed by atoms with van der Waals surface area (Å²) in [5, 5.41) is 5.56. The van der Waals surface area contributed by atoms with Crippen LogP contribution in [0.5, 0.6) is 0 Å². The fraction of sp³-hybridized carbons (Fsp3) is 0. The zero-order chi connectivity index (χ0) is 18.2. The Morgan fingerprint density at radius 3 is 2.15 bits per heavy atom. The van der Waals surface area contributed by atoms with Gasteiger partial charge in [0.1, 0.15) is 0 Å². The molecule has 0 aliphatic heterocycles. The average molecular weight is 343 g/mol. The summed E-state index contributed by atoms with van der Waals surface area (Å²) >= 11 is 0. The van der Waals surface area contributed by atoms with E-state index in [1.807, 2.05) is 30.3 Å². The van der Waals surface area contributed by atoms with Gasteiger partial charge in [0.15, 0.2) is 0 Å². The smallest absolute Gasteiger partial charge is 0.257 e. The molecule has 0 atom stereocenters. The zero-order valence-electron chi connectivity index (χ0n) is 13.9. The quantitative estimate of drug-likeness (QED) is 0.688. The third-order valence-electron chi connectivity index (χ3n) is 3.56. The van der Waals surface area contributed by atoms with E-state index >= 15 is 0 Å². The first kappa shape index (κ1) is 17.1. The van der Waals surface area contributed by atoms with Gasteiger partial charge in [0, 0.05) is 29.8 Å². The molecule has 128 valence electrons. The molecule has 0 unspecified atom stereocenters. The number of nitrogens with zero attached hydrogens (tertiary/aromatic N) is 1. The Bertz CT molecular complexity index is 905. The molecule has 5 heteroatoms. The average Bonchev–Trinajstić information content (AvgIpc) is 2.69. The van der Waals surface area contributed by atoms with Crippen LogP contribution in [0.25, 0.3) is 6.08 Å². The van der Waals surface area contributed by atoms with Crippen molar-refractivity contribution >= 4 is 29.3 Å². The molecular formula is C21H17N3O2. The van der Waals surface area contributed by atoms with Crippen molar-refractivity contribution in [3.63, 3.8) is 0 Å². The van der Waals surface area contributed by atoms with E-state index in [9.17, 15) is 9.59 Å². The molecule has 0 aliphatic rings. The molecule has 26 heavy (non-hydrogen) atoms. The summed E-state index contributed by atoms with van der Waals surface area (Å²) in [6.45, 7) is 0. The van der Waals surface area contributed by atoms with E-state index in [1.54, 1.807) is 48.7 Å². The summed E-state index contributed by atoms with van der Waals surface area (Å²) in [5.41, 5.74) is 2.72. The minimum absolute atomic E-state index is 0.221. The fourth-order valence-corrected chi connectivity index (χ4v) is 2.26. The molecular weight excluding hydrogens is 326 g/mol. The van der Waals surface area contributed by atoms with Crippen molar-refractivity contribution in [3.05, 3.63) is 96.3 Å². The Morgan fingerprint density at radius 2 is 1.50 bits per heavy atom. The molecule has 0 saturated heterocycles. The van der Waals surface area contributed by atoms with Crippen molar-refractivity contribution < 1.29 is 9.59 Å². The van der Waals surface area contributed by atoms with Gasteiger partial charge in [0.05, 0.1) is 5.56 Å². The number of hydrogen-bond donors (Lipinski definition) is 2. The number of carbonyl (C=O) groups excluding carboxylic acids is 2. The summed E-state index contributed by atoms with van der Waals surface area (Å²) in [4.78, 5) is 27.9. The standard InChI is InChI=1S/C21H17N3O2/c25-20(13-8-16-5-2-1-3-6-16)23-18-9-11-19(12-10-18)24-21(26)17-7-4-14-22-15-17/h1-15H,(H,23,25)(H,24,26)/b13-8+. The first-order chi connectivity index (χ1) is 12.7. The summed E-state index contributed by atoms with van der Waals surface area (Å²) in [6, 6.07) is 19.9. The van der Waals surface area contributed by atoms with Crippen LogP contribution in [0.15, 0.2) is 85.2 Å². The summed E-state index contributed by atoms with van der Waals surface area (Å²) in [6.07, 6.45) is 6.34. The van der Waals surface area contributed by atoms with Gasteiger partial charge in [-0.25, -0.2) is 0 Å². The first-order valence-corrected chi connectivity index (χ1v) is 8.06. The van der Waals surface area contributed by atoms with Crippen LogP contribution in [0.1, 0.15) is 15.9 Å². The number of aromatic nitrogens is 1. The van der Waals surface area contributed by atoms with Gasteiger partial charge in [-0.15, -0.1) is 0 Å². The third kappa shape index (κ3) is 4.88. The summed E-state index contributed by atoms with van der Waals surface area (Å²) in [5.74, 6) is -0.457. The second-order valence-corrected chi connectivity index (χ2v) is 5.51. The van der Waals surface area contributed by atoms with Gasteiger partial charge in [-0.2, -0.15) is 0 Å². The molecule has 1 aromatic heterocycles. The third-order valence-corrected chi connectivity index (χ3v) is 3.56. The number of carbonyl (C=O) groups is 2. The molecule has 0 spiro atoms. The van der Waals surface area contributed by atoms with Gasteiger partial charge in [-0.05, 0) is 48.0 Å². The molecule has 3 aromatic rings. The van der Waals surface area contributed by atoms with Crippen molar-refractivity contribution in [2.24, 2.45) is 0 Å². The van der Waals surface area contributed by atoms with Crippen LogP contribution in [0.2, 0.25) is 0 Å². The Morgan fingerprint density at radius 1 is 0.808 bits per heavy atom. The fourth-order valence-electron chi connectivity index (χ4n) is 2.26. The predicted molar refractivity (Wildman–Crippen MR) is 103 cm³/mol. The van der Waals surface area contributed by atoms with Crippen molar-refractivity contribution in [3.8, 4) is 0 Å². The van der Waals surface area contributed by atoms with Gasteiger partial charge in [-0.1, -0.05) is 30.3 Å². The van der Waals surface area contributed by atoms with E-state index in [-0.39, 0.29) is 11.8 Å². The molecule has 0 fully saturated rings. The van der Waals surface area contributed by atoms with E-state index in [4.69, 9.17) is 0 Å². The number of benzene rings is 2. The molecule has 0 saturated carbocycles. The molecule has 3 rings (SSSR count). The minimum Gasteiger partial charge on any atom is -0.323 e. The van der Waals surface area contributed by atoms with E-state index in [0.717, 1.165) is 5.56 Å². The zero-order valence-corrected chi connectivity index (χ0v) is 13.9. The van der Waals surface area contributed by atoms with Crippen LogP contribution in [-0.2, 0) is 4.79 Å². The lowest BCUT2D eigenvalue weighted by atomic mass is 10.2. The number of rotatable bonds is 5. The maximum Gasteiger partial charge on any atom is 0.257 e. The summed E-state index contributed by atoms with van der Waals surface area (Å²) < 4.78 is 0. The largest absolute Gasteiger partial charge is 0.323 e. The maximum absolute atomic E-state index is 12.1. The molecule has 2 N–H and O–H groups in total. The molecule has 0 radical (unpaired) electrons. The Labute approximate surface area is 151 Å². The topological polar surface area (TPSA) is 71.1 Å². The highest BCUT2D eigenvalue weighted by molar-refractivity contribution is 6.04.